The first-order valence-electron chi connectivity index (χ1n) is 11.2. The number of fused-ring (bicyclic) bond motifs is 2. The Hall–Kier alpha value is -2.94. The maximum atomic E-state index is 12.9. The highest BCUT2D eigenvalue weighted by atomic mass is 32.1. The van der Waals surface area contributed by atoms with E-state index in [4.69, 9.17) is 9.72 Å². The van der Waals surface area contributed by atoms with E-state index in [1.807, 2.05) is 24.3 Å². The molecule has 168 valence electrons. The quantitative estimate of drug-likeness (QED) is 0.639. The summed E-state index contributed by atoms with van der Waals surface area (Å²) in [4.78, 5) is 33.3. The van der Waals surface area contributed by atoms with Crippen LogP contribution in [-0.2, 0) is 24.2 Å². The molecule has 1 saturated heterocycles. The molecule has 1 amide bonds. The van der Waals surface area contributed by atoms with Crippen LogP contribution in [0.2, 0.25) is 0 Å². The molecule has 0 saturated carbocycles. The SMILES string of the molecule is COc1ccccc1CNC(=O)[C@@H]1CCCN(c2nn3c(=O)c4c(nc3s2)CCCC4)C1. The summed E-state index contributed by atoms with van der Waals surface area (Å²) < 4.78 is 6.83. The minimum absolute atomic E-state index is 0.0321. The van der Waals surface area contributed by atoms with Crippen molar-refractivity contribution in [2.24, 2.45) is 5.92 Å². The summed E-state index contributed by atoms with van der Waals surface area (Å²) in [5.74, 6) is 0.684. The molecule has 0 bridgehead atoms. The maximum Gasteiger partial charge on any atom is 0.278 e. The third kappa shape index (κ3) is 3.97. The van der Waals surface area contributed by atoms with Crippen LogP contribution in [0.1, 0.15) is 42.5 Å². The fraction of sp³-hybridized carbons (Fsp3) is 0.478. The Bertz CT molecular complexity index is 1200. The molecule has 1 aliphatic heterocycles. The van der Waals surface area contributed by atoms with Crippen molar-refractivity contribution in [3.63, 3.8) is 0 Å². The average molecular weight is 454 g/mol. The minimum Gasteiger partial charge on any atom is -0.496 e. The van der Waals surface area contributed by atoms with Gasteiger partial charge in [-0.3, -0.25) is 9.59 Å². The fourth-order valence-corrected chi connectivity index (χ4v) is 5.58. The number of methoxy groups -OCH3 is 1. The molecule has 0 unspecified atom stereocenters. The van der Waals surface area contributed by atoms with Gasteiger partial charge in [-0.2, -0.15) is 4.52 Å². The van der Waals surface area contributed by atoms with Crippen molar-refractivity contribution in [3.8, 4) is 5.75 Å². The Kier molecular flexibility index (Phi) is 5.82. The zero-order chi connectivity index (χ0) is 22.1. The lowest BCUT2D eigenvalue weighted by atomic mass is 9.97. The van der Waals surface area contributed by atoms with Crippen LogP contribution in [0.3, 0.4) is 0 Å². The molecule has 0 radical (unpaired) electrons. The van der Waals surface area contributed by atoms with Crippen LogP contribution in [-0.4, -0.2) is 40.7 Å². The average Bonchev–Trinajstić information content (AvgIpc) is 3.27. The van der Waals surface area contributed by atoms with Gasteiger partial charge in [0.1, 0.15) is 5.75 Å². The van der Waals surface area contributed by atoms with Crippen LogP contribution in [0.25, 0.3) is 4.96 Å². The van der Waals surface area contributed by atoms with Gasteiger partial charge in [-0.05, 0) is 44.6 Å². The molecule has 1 atom stereocenters. The topological polar surface area (TPSA) is 88.8 Å². The zero-order valence-corrected chi connectivity index (χ0v) is 19.0. The number of anilines is 1. The van der Waals surface area contributed by atoms with E-state index in [1.165, 1.54) is 15.9 Å². The van der Waals surface area contributed by atoms with Gasteiger partial charge in [0.15, 0.2) is 0 Å². The summed E-state index contributed by atoms with van der Waals surface area (Å²) in [6.45, 7) is 1.85. The second-order valence-corrected chi connectivity index (χ2v) is 9.38. The number of nitrogens with one attached hydrogen (secondary N) is 1. The number of aromatic nitrogens is 3. The van der Waals surface area contributed by atoms with E-state index >= 15 is 0 Å². The van der Waals surface area contributed by atoms with Gasteiger partial charge in [0.25, 0.3) is 5.56 Å². The summed E-state index contributed by atoms with van der Waals surface area (Å²) in [5.41, 5.74) is 2.67. The second kappa shape index (κ2) is 8.90. The van der Waals surface area contributed by atoms with Crippen molar-refractivity contribution in [3.05, 3.63) is 51.4 Å². The van der Waals surface area contributed by atoms with Gasteiger partial charge >= 0.3 is 0 Å². The van der Waals surface area contributed by atoms with Crippen molar-refractivity contribution in [1.29, 1.82) is 0 Å². The van der Waals surface area contributed by atoms with E-state index in [0.717, 1.165) is 72.8 Å². The lowest BCUT2D eigenvalue weighted by Gasteiger charge is -2.31. The van der Waals surface area contributed by atoms with Crippen LogP contribution in [0.4, 0.5) is 5.13 Å². The van der Waals surface area contributed by atoms with Gasteiger partial charge in [-0.25, -0.2) is 4.98 Å². The van der Waals surface area contributed by atoms with Crippen LogP contribution in [0.15, 0.2) is 29.1 Å². The van der Waals surface area contributed by atoms with Gasteiger partial charge in [-0.15, -0.1) is 5.10 Å². The molecule has 5 rings (SSSR count). The molecule has 9 heteroatoms. The number of piperidine rings is 1. The Morgan fingerprint density at radius 2 is 2.09 bits per heavy atom. The Morgan fingerprint density at radius 1 is 1.25 bits per heavy atom. The van der Waals surface area contributed by atoms with Gasteiger partial charge in [0, 0.05) is 30.8 Å². The Morgan fingerprint density at radius 3 is 2.97 bits per heavy atom. The number of para-hydroxylation sites is 1. The summed E-state index contributed by atoms with van der Waals surface area (Å²) in [5, 5.41) is 8.41. The fourth-order valence-electron chi connectivity index (χ4n) is 4.63. The molecule has 1 fully saturated rings. The molecule has 32 heavy (non-hydrogen) atoms. The number of carbonyl (C=O) groups excluding carboxylic acids is 1. The molecule has 2 aromatic heterocycles. The second-order valence-electron chi connectivity index (χ2n) is 8.44. The number of rotatable bonds is 5. The third-order valence-corrected chi connectivity index (χ3v) is 7.35. The minimum atomic E-state index is -0.122. The van der Waals surface area contributed by atoms with Gasteiger partial charge in [0.2, 0.25) is 16.0 Å². The number of benzene rings is 1. The van der Waals surface area contributed by atoms with E-state index in [2.05, 4.69) is 15.3 Å². The van der Waals surface area contributed by atoms with E-state index in [1.54, 1.807) is 7.11 Å². The lowest BCUT2D eigenvalue weighted by Crippen LogP contribution is -2.43. The molecule has 1 aromatic carbocycles. The predicted octanol–water partition coefficient (Wildman–Crippen LogP) is 2.57. The number of aryl methyl sites for hydroxylation is 1. The van der Waals surface area contributed by atoms with Crippen LogP contribution in [0, 0.1) is 5.92 Å². The molecule has 1 N–H and O–H groups in total. The van der Waals surface area contributed by atoms with E-state index < -0.39 is 0 Å². The normalized spacial score (nSPS) is 18.4. The predicted molar refractivity (Wildman–Crippen MR) is 124 cm³/mol. The molecule has 2 aliphatic rings. The number of hydrogen-bond acceptors (Lipinski definition) is 7. The molecular formula is C23H27N5O3S. The number of amides is 1. The number of nitrogens with zero attached hydrogens (tertiary/aromatic N) is 4. The van der Waals surface area contributed by atoms with Gasteiger partial charge in [0.05, 0.1) is 18.7 Å². The maximum absolute atomic E-state index is 12.9. The third-order valence-electron chi connectivity index (χ3n) is 6.38. The largest absolute Gasteiger partial charge is 0.496 e. The zero-order valence-electron chi connectivity index (χ0n) is 18.2. The van der Waals surface area contributed by atoms with Crippen LogP contribution in [0.5, 0.6) is 5.75 Å². The van der Waals surface area contributed by atoms with Crippen molar-refractivity contribution in [2.45, 2.75) is 45.1 Å². The standard InChI is InChI=1S/C23H27N5O3S/c1-31-19-11-5-2-7-15(19)13-24-20(29)16-8-6-12-27(14-16)23-26-28-21(30)17-9-3-4-10-18(17)25-22(28)32-23/h2,5,7,11,16H,3-4,6,8-10,12-14H2,1H3,(H,24,29)/t16-/m1/s1. The van der Waals surface area contributed by atoms with Crippen molar-refractivity contribution in [1.82, 2.24) is 19.9 Å². The summed E-state index contributed by atoms with van der Waals surface area (Å²) in [7, 11) is 1.63. The highest BCUT2D eigenvalue weighted by molar-refractivity contribution is 7.20. The van der Waals surface area contributed by atoms with E-state index in [-0.39, 0.29) is 17.4 Å². The number of hydrogen-bond donors (Lipinski definition) is 1. The van der Waals surface area contributed by atoms with Gasteiger partial charge < -0.3 is 15.0 Å². The molecule has 8 nitrogen and oxygen atoms in total. The van der Waals surface area contributed by atoms with Crippen LogP contribution < -0.4 is 20.5 Å². The van der Waals surface area contributed by atoms with Crippen LogP contribution >= 0.6 is 11.3 Å². The van der Waals surface area contributed by atoms with Gasteiger partial charge in [-0.1, -0.05) is 29.5 Å². The summed E-state index contributed by atoms with van der Waals surface area (Å²) in [6, 6.07) is 7.70. The summed E-state index contributed by atoms with van der Waals surface area (Å²) >= 11 is 1.44. The monoisotopic (exact) mass is 453 g/mol. The molecule has 3 heterocycles. The van der Waals surface area contributed by atoms with Crippen molar-refractivity contribution >= 4 is 27.3 Å². The molecule has 3 aromatic rings. The number of ether oxygens (including phenoxy) is 1. The first-order valence-corrected chi connectivity index (χ1v) is 12.0. The summed E-state index contributed by atoms with van der Waals surface area (Å²) in [6.07, 6.45) is 5.51. The lowest BCUT2D eigenvalue weighted by molar-refractivity contribution is -0.125. The number of carbonyl (C=O) groups is 1. The van der Waals surface area contributed by atoms with Crippen molar-refractivity contribution < 1.29 is 9.53 Å². The molecule has 1 aliphatic carbocycles. The molecule has 0 spiro atoms. The smallest absolute Gasteiger partial charge is 0.278 e. The highest BCUT2D eigenvalue weighted by Gasteiger charge is 2.28. The Labute approximate surface area is 190 Å². The highest BCUT2D eigenvalue weighted by Crippen LogP contribution is 2.28. The van der Waals surface area contributed by atoms with E-state index in [0.29, 0.717) is 18.1 Å². The van der Waals surface area contributed by atoms with E-state index in [9.17, 15) is 9.59 Å². The first-order chi connectivity index (χ1) is 15.6. The molecular weight excluding hydrogens is 426 g/mol. The van der Waals surface area contributed by atoms with Crippen molar-refractivity contribution in [2.75, 3.05) is 25.1 Å². The first kappa shape index (κ1) is 20.9. The Balaban J connectivity index is 1.30.